The molecule has 1 fully saturated rings. The normalized spacial score (nSPS) is 15.8. The van der Waals surface area contributed by atoms with Crippen LogP contribution in [0.3, 0.4) is 0 Å². The quantitative estimate of drug-likeness (QED) is 0.296. The van der Waals surface area contributed by atoms with Gasteiger partial charge in [0.05, 0.1) is 18.3 Å². The molecule has 5 aromatic rings. The molecule has 1 saturated heterocycles. The molecule has 3 aromatic carbocycles. The third kappa shape index (κ3) is 5.50. The molecule has 43 heavy (non-hydrogen) atoms. The van der Waals surface area contributed by atoms with Crippen molar-refractivity contribution in [3.63, 3.8) is 0 Å². The largest absolute Gasteiger partial charge is 0.381 e. The lowest BCUT2D eigenvalue weighted by Gasteiger charge is -2.37. The van der Waals surface area contributed by atoms with E-state index in [1.165, 1.54) is 47.3 Å². The van der Waals surface area contributed by atoms with Crippen molar-refractivity contribution in [1.82, 2.24) is 29.1 Å². The lowest BCUT2D eigenvalue weighted by molar-refractivity contribution is -0.0381. The van der Waals surface area contributed by atoms with E-state index < -0.39 is 29.0 Å². The molecule has 0 saturated carbocycles. The maximum absolute atomic E-state index is 15.0. The summed E-state index contributed by atoms with van der Waals surface area (Å²) in [4.78, 5) is 21.8. The number of aromatic nitrogens is 6. The average molecular weight is 591 g/mol. The van der Waals surface area contributed by atoms with E-state index in [1.807, 2.05) is 18.2 Å². The van der Waals surface area contributed by atoms with Gasteiger partial charge in [-0.15, -0.1) is 0 Å². The van der Waals surface area contributed by atoms with Gasteiger partial charge in [-0.3, -0.25) is 0 Å². The van der Waals surface area contributed by atoms with E-state index in [1.54, 1.807) is 18.2 Å². The fourth-order valence-corrected chi connectivity index (χ4v) is 5.53. The molecule has 0 unspecified atom stereocenters. The van der Waals surface area contributed by atoms with Gasteiger partial charge in [0.2, 0.25) is 0 Å². The van der Waals surface area contributed by atoms with E-state index in [2.05, 4.69) is 25.0 Å². The minimum Gasteiger partial charge on any atom is -0.381 e. The van der Waals surface area contributed by atoms with Gasteiger partial charge in [0.15, 0.2) is 0 Å². The summed E-state index contributed by atoms with van der Waals surface area (Å²) in [5, 5.41) is 20.1. The van der Waals surface area contributed by atoms with Gasteiger partial charge in [0.25, 0.3) is 0 Å². The summed E-state index contributed by atoms with van der Waals surface area (Å²) in [6.45, 7) is 4.23. The molecule has 0 aliphatic carbocycles. The van der Waals surface area contributed by atoms with Crippen molar-refractivity contribution in [3.05, 3.63) is 119 Å². The highest BCUT2D eigenvalue weighted by atomic mass is 19.1. The Morgan fingerprint density at radius 1 is 0.837 bits per heavy atom. The van der Waals surface area contributed by atoms with Crippen molar-refractivity contribution >= 4 is 11.4 Å². The summed E-state index contributed by atoms with van der Waals surface area (Å²) in [7, 11) is 0. The Morgan fingerprint density at radius 3 is 2.16 bits per heavy atom. The number of halogens is 3. The highest BCUT2D eigenvalue weighted by Crippen LogP contribution is 2.36. The van der Waals surface area contributed by atoms with Crippen LogP contribution in [0.25, 0.3) is 5.69 Å². The number of hydrogen-bond acceptors (Lipinski definition) is 7. The molecule has 6 rings (SSSR count). The topological polar surface area (TPSA) is 97.2 Å². The van der Waals surface area contributed by atoms with Crippen molar-refractivity contribution in [2.75, 3.05) is 36.0 Å². The van der Waals surface area contributed by atoms with Gasteiger partial charge in [0, 0.05) is 49.2 Å². The molecule has 0 spiro atoms. The first-order valence-corrected chi connectivity index (χ1v) is 13.8. The second-order valence-electron chi connectivity index (χ2n) is 10.5. The third-order valence-electron chi connectivity index (χ3n) is 7.96. The molecule has 0 amide bonds. The number of hydrogen-bond donors (Lipinski definition) is 1. The Labute approximate surface area is 244 Å². The monoisotopic (exact) mass is 590 g/mol. The SMILES string of the molecule is C[C@@H](n1ncn(-c2ccc(N3CCN(c4cccc(F)c4)CC3)cc2)c1=O)[C@](O)(Cn1cncn1)c1ccc(F)cc1F. The molecule has 3 heterocycles. The first kappa shape index (κ1) is 28.2. The molecule has 222 valence electrons. The van der Waals surface area contributed by atoms with Gasteiger partial charge < -0.3 is 14.9 Å². The zero-order chi connectivity index (χ0) is 30.1. The molecule has 1 aliphatic rings. The Bertz CT molecular complexity index is 1760. The van der Waals surface area contributed by atoms with Crippen LogP contribution in [-0.4, -0.2) is 60.4 Å². The smallest absolute Gasteiger partial charge is 0.350 e. The third-order valence-corrected chi connectivity index (χ3v) is 7.96. The van der Waals surface area contributed by atoms with E-state index in [0.717, 1.165) is 54.4 Å². The summed E-state index contributed by atoms with van der Waals surface area (Å²) >= 11 is 0. The predicted octanol–water partition coefficient (Wildman–Crippen LogP) is 3.52. The van der Waals surface area contributed by atoms with Gasteiger partial charge >= 0.3 is 5.69 Å². The molecular formula is C30H29F3N8O2. The van der Waals surface area contributed by atoms with Crippen LogP contribution in [0.15, 0.2) is 90.5 Å². The highest BCUT2D eigenvalue weighted by Gasteiger charge is 2.42. The van der Waals surface area contributed by atoms with Crippen LogP contribution >= 0.6 is 0 Å². The highest BCUT2D eigenvalue weighted by molar-refractivity contribution is 5.54. The minimum atomic E-state index is -2.04. The maximum Gasteiger partial charge on any atom is 0.350 e. The standard InChI is InChI=1S/C30H29F3N8O2/c1-21(30(43,17-39-19-34-18-35-39)27-10-5-23(32)16-28(27)33)41-29(42)40(20-36-41)25-8-6-24(7-9-25)37-11-13-38(14-12-37)26-4-2-3-22(31)15-26/h2-10,15-16,18-21,43H,11-14,17H2,1H3/t21-,30-/m1/s1. The van der Waals surface area contributed by atoms with Crippen molar-refractivity contribution < 1.29 is 18.3 Å². The Hall–Kier alpha value is -4.91. The first-order chi connectivity index (χ1) is 20.7. The van der Waals surface area contributed by atoms with Crippen molar-refractivity contribution in [1.29, 1.82) is 0 Å². The van der Waals surface area contributed by atoms with E-state index in [4.69, 9.17) is 0 Å². The Kier molecular flexibility index (Phi) is 7.48. The van der Waals surface area contributed by atoms with Crippen LogP contribution in [0, 0.1) is 17.5 Å². The van der Waals surface area contributed by atoms with Crippen LogP contribution < -0.4 is 15.5 Å². The number of benzene rings is 3. The number of piperazine rings is 1. The van der Waals surface area contributed by atoms with Crippen LogP contribution in [-0.2, 0) is 12.1 Å². The first-order valence-electron chi connectivity index (χ1n) is 13.8. The van der Waals surface area contributed by atoms with E-state index in [9.17, 15) is 23.1 Å². The minimum absolute atomic E-state index is 0.208. The second-order valence-corrected chi connectivity index (χ2v) is 10.5. The summed E-state index contributed by atoms with van der Waals surface area (Å²) in [6, 6.07) is 15.8. The number of anilines is 2. The van der Waals surface area contributed by atoms with Gasteiger partial charge in [0.1, 0.15) is 42.0 Å². The molecule has 1 aliphatic heterocycles. The summed E-state index contributed by atoms with van der Waals surface area (Å²) in [5.74, 6) is -2.02. The van der Waals surface area contributed by atoms with Gasteiger partial charge in [-0.25, -0.2) is 36.9 Å². The molecular weight excluding hydrogens is 561 g/mol. The lowest BCUT2D eigenvalue weighted by Crippen LogP contribution is -2.46. The van der Waals surface area contributed by atoms with E-state index >= 15 is 0 Å². The van der Waals surface area contributed by atoms with Gasteiger partial charge in [-0.1, -0.05) is 12.1 Å². The number of nitrogens with zero attached hydrogens (tertiary/aromatic N) is 8. The van der Waals surface area contributed by atoms with E-state index in [-0.39, 0.29) is 17.9 Å². The van der Waals surface area contributed by atoms with Crippen molar-refractivity contribution in [2.24, 2.45) is 0 Å². The van der Waals surface area contributed by atoms with Crippen LogP contribution in [0.4, 0.5) is 24.5 Å². The Balaban J connectivity index is 1.22. The Morgan fingerprint density at radius 2 is 1.51 bits per heavy atom. The molecule has 13 heteroatoms. The average Bonchev–Trinajstić information content (AvgIpc) is 3.66. The van der Waals surface area contributed by atoms with Crippen LogP contribution in [0.5, 0.6) is 0 Å². The van der Waals surface area contributed by atoms with Gasteiger partial charge in [-0.2, -0.15) is 10.2 Å². The van der Waals surface area contributed by atoms with Crippen LogP contribution in [0.1, 0.15) is 18.5 Å². The van der Waals surface area contributed by atoms with Crippen LogP contribution in [0.2, 0.25) is 0 Å². The summed E-state index contributed by atoms with van der Waals surface area (Å²) < 4.78 is 46.0. The zero-order valence-electron chi connectivity index (χ0n) is 23.3. The molecule has 2 aromatic heterocycles. The summed E-state index contributed by atoms with van der Waals surface area (Å²) in [5.41, 5.74) is -0.407. The molecule has 1 N–H and O–H groups in total. The van der Waals surface area contributed by atoms with Crippen molar-refractivity contribution in [3.8, 4) is 5.69 Å². The zero-order valence-corrected chi connectivity index (χ0v) is 23.3. The molecule has 0 bridgehead atoms. The summed E-state index contributed by atoms with van der Waals surface area (Å²) in [6.07, 6.45) is 3.95. The number of aliphatic hydroxyl groups is 1. The van der Waals surface area contributed by atoms with Gasteiger partial charge in [-0.05, 0) is 55.5 Å². The second kappa shape index (κ2) is 11.4. The lowest BCUT2D eigenvalue weighted by atomic mass is 9.86. The molecule has 2 atom stereocenters. The molecule has 0 radical (unpaired) electrons. The fourth-order valence-electron chi connectivity index (χ4n) is 5.53. The predicted molar refractivity (Wildman–Crippen MR) is 154 cm³/mol. The maximum atomic E-state index is 15.0. The fraction of sp³-hybridized carbons (Fsp3) is 0.267. The van der Waals surface area contributed by atoms with Crippen molar-refractivity contribution in [2.45, 2.75) is 25.1 Å². The molecule has 10 nitrogen and oxygen atoms in total. The number of rotatable bonds is 8. The van der Waals surface area contributed by atoms with E-state index in [0.29, 0.717) is 11.8 Å².